The van der Waals surface area contributed by atoms with Gasteiger partial charge in [0, 0.05) is 6.42 Å². The minimum absolute atomic E-state index is 0.278. The predicted molar refractivity (Wildman–Crippen MR) is 121 cm³/mol. The maximum Gasteiger partial charge on any atom is 0.317 e. The number of benzene rings is 2. The third-order valence-electron chi connectivity index (χ3n) is 3.39. The van der Waals surface area contributed by atoms with Gasteiger partial charge in [-0.05, 0) is 17.5 Å². The highest BCUT2D eigenvalue weighted by atomic mass is 16.5. The second kappa shape index (κ2) is 21.7. The molecular weight excluding hydrogens is 364 g/mol. The standard InChI is InChI=1S/C12H14O4.C9H12.2C2H6/c1-15-11(13)9-12(14)16-8-7-10-5-3-2-4-6-10;1-2-6-9-7-4-3-5-8-9;2*1-2/h2-6H,7-9H2,1H3;3-5,7-8H,2,6H2,1H3;2*1-2H3. The summed E-state index contributed by atoms with van der Waals surface area (Å²) in [6.07, 6.45) is 2.77. The number of hydrogen-bond donors (Lipinski definition) is 0. The molecule has 0 saturated carbocycles. The zero-order valence-electron chi connectivity index (χ0n) is 18.9. The number of hydrogen-bond acceptors (Lipinski definition) is 4. The first-order valence-corrected chi connectivity index (χ1v) is 10.5. The number of carbonyl (C=O) groups is 2. The molecule has 0 atom stereocenters. The van der Waals surface area contributed by atoms with E-state index in [4.69, 9.17) is 4.74 Å². The van der Waals surface area contributed by atoms with Crippen molar-refractivity contribution >= 4 is 11.9 Å². The second-order valence-corrected chi connectivity index (χ2v) is 5.44. The summed E-state index contributed by atoms with van der Waals surface area (Å²) in [4.78, 5) is 21.8. The largest absolute Gasteiger partial charge is 0.469 e. The molecule has 29 heavy (non-hydrogen) atoms. The van der Waals surface area contributed by atoms with Gasteiger partial charge in [-0.15, -0.1) is 0 Å². The van der Waals surface area contributed by atoms with Gasteiger partial charge in [-0.3, -0.25) is 9.59 Å². The molecular formula is C25H38O4. The first-order valence-electron chi connectivity index (χ1n) is 10.5. The monoisotopic (exact) mass is 402 g/mol. The van der Waals surface area contributed by atoms with Crippen LogP contribution < -0.4 is 0 Å². The number of esters is 2. The summed E-state index contributed by atoms with van der Waals surface area (Å²) >= 11 is 0. The van der Waals surface area contributed by atoms with Crippen LogP contribution in [0.1, 0.15) is 58.6 Å². The lowest BCUT2D eigenvalue weighted by molar-refractivity contribution is -0.152. The molecule has 0 amide bonds. The van der Waals surface area contributed by atoms with Crippen LogP contribution in [0.15, 0.2) is 60.7 Å². The third kappa shape index (κ3) is 17.2. The molecule has 4 nitrogen and oxygen atoms in total. The average molecular weight is 403 g/mol. The molecule has 0 saturated heterocycles. The summed E-state index contributed by atoms with van der Waals surface area (Å²) in [5, 5.41) is 0. The van der Waals surface area contributed by atoms with E-state index in [-0.39, 0.29) is 13.0 Å². The van der Waals surface area contributed by atoms with E-state index < -0.39 is 11.9 Å². The van der Waals surface area contributed by atoms with E-state index in [2.05, 4.69) is 42.0 Å². The number of aryl methyl sites for hydroxylation is 1. The Morgan fingerprint density at radius 1 is 0.724 bits per heavy atom. The van der Waals surface area contributed by atoms with Crippen LogP contribution in [0.4, 0.5) is 0 Å². The Hall–Kier alpha value is -2.62. The molecule has 4 heteroatoms. The van der Waals surface area contributed by atoms with Crippen molar-refractivity contribution in [2.45, 2.75) is 60.3 Å². The molecule has 2 aromatic carbocycles. The zero-order valence-corrected chi connectivity index (χ0v) is 18.9. The minimum Gasteiger partial charge on any atom is -0.469 e. The van der Waals surface area contributed by atoms with Gasteiger partial charge in [-0.1, -0.05) is 102 Å². The fourth-order valence-corrected chi connectivity index (χ4v) is 2.10. The van der Waals surface area contributed by atoms with E-state index in [1.54, 1.807) is 0 Å². The molecule has 0 radical (unpaired) electrons. The minimum atomic E-state index is -0.579. The van der Waals surface area contributed by atoms with Crippen molar-refractivity contribution in [1.29, 1.82) is 0 Å². The molecule has 2 rings (SSSR count). The summed E-state index contributed by atoms with van der Waals surface area (Å²) in [7, 11) is 1.24. The van der Waals surface area contributed by atoms with Crippen LogP contribution in [0.2, 0.25) is 0 Å². The van der Waals surface area contributed by atoms with E-state index in [0.717, 1.165) is 5.56 Å². The van der Waals surface area contributed by atoms with E-state index >= 15 is 0 Å². The molecule has 0 N–H and O–H groups in total. The Morgan fingerprint density at radius 3 is 1.59 bits per heavy atom. The SMILES string of the molecule is CC.CC.CCCc1ccccc1.COC(=O)CC(=O)OCCc1ccccc1. The molecule has 0 aliphatic rings. The Balaban J connectivity index is 0. The van der Waals surface area contributed by atoms with E-state index in [0.29, 0.717) is 6.42 Å². The molecule has 0 aliphatic carbocycles. The predicted octanol–water partition coefficient (Wildman–Crippen LogP) is 6.03. The number of methoxy groups -OCH3 is 1. The van der Waals surface area contributed by atoms with Crippen LogP contribution in [-0.4, -0.2) is 25.7 Å². The molecule has 0 fully saturated rings. The first-order chi connectivity index (χ1) is 14.2. The van der Waals surface area contributed by atoms with E-state index in [1.165, 1.54) is 25.5 Å². The molecule has 0 aromatic heterocycles. The fourth-order valence-electron chi connectivity index (χ4n) is 2.10. The highest BCUT2D eigenvalue weighted by molar-refractivity contribution is 5.91. The van der Waals surface area contributed by atoms with Crippen LogP contribution in [0.5, 0.6) is 0 Å². The maximum atomic E-state index is 11.1. The summed E-state index contributed by atoms with van der Waals surface area (Å²) in [5.74, 6) is -1.13. The molecule has 0 unspecified atom stereocenters. The summed E-state index contributed by atoms with van der Waals surface area (Å²) in [5.41, 5.74) is 2.54. The summed E-state index contributed by atoms with van der Waals surface area (Å²) < 4.78 is 9.22. The van der Waals surface area contributed by atoms with Crippen molar-refractivity contribution in [1.82, 2.24) is 0 Å². The quantitative estimate of drug-likeness (QED) is 0.419. The van der Waals surface area contributed by atoms with Crippen molar-refractivity contribution < 1.29 is 19.1 Å². The fraction of sp³-hybridized carbons (Fsp3) is 0.440. The van der Waals surface area contributed by atoms with Gasteiger partial charge in [-0.25, -0.2) is 0 Å². The smallest absolute Gasteiger partial charge is 0.317 e. The van der Waals surface area contributed by atoms with Gasteiger partial charge in [0.05, 0.1) is 13.7 Å². The van der Waals surface area contributed by atoms with Crippen molar-refractivity contribution in [3.63, 3.8) is 0 Å². The topological polar surface area (TPSA) is 52.6 Å². The maximum absolute atomic E-state index is 11.1. The summed E-state index contributed by atoms with van der Waals surface area (Å²) in [6, 6.07) is 20.2. The molecule has 0 spiro atoms. The van der Waals surface area contributed by atoms with Crippen LogP contribution in [0.3, 0.4) is 0 Å². The number of carbonyl (C=O) groups excluding carboxylic acids is 2. The number of ether oxygens (including phenoxy) is 2. The van der Waals surface area contributed by atoms with Crippen LogP contribution in [-0.2, 0) is 31.9 Å². The van der Waals surface area contributed by atoms with Crippen molar-refractivity contribution in [3.8, 4) is 0 Å². The van der Waals surface area contributed by atoms with Gasteiger partial charge in [0.2, 0.25) is 0 Å². The van der Waals surface area contributed by atoms with Gasteiger partial charge >= 0.3 is 11.9 Å². The third-order valence-corrected chi connectivity index (χ3v) is 3.39. The Kier molecular flexibility index (Phi) is 21.4. The first kappa shape index (κ1) is 28.6. The van der Waals surface area contributed by atoms with Crippen LogP contribution in [0.25, 0.3) is 0 Å². The van der Waals surface area contributed by atoms with Gasteiger partial charge in [0.15, 0.2) is 0 Å². The highest BCUT2D eigenvalue weighted by Gasteiger charge is 2.10. The number of rotatable bonds is 7. The van der Waals surface area contributed by atoms with Crippen LogP contribution >= 0.6 is 0 Å². The van der Waals surface area contributed by atoms with E-state index in [9.17, 15) is 9.59 Å². The lowest BCUT2D eigenvalue weighted by atomic mass is 10.1. The van der Waals surface area contributed by atoms with Gasteiger partial charge < -0.3 is 9.47 Å². The van der Waals surface area contributed by atoms with Crippen molar-refractivity contribution in [2.24, 2.45) is 0 Å². The molecule has 0 bridgehead atoms. The van der Waals surface area contributed by atoms with Crippen LogP contribution in [0, 0.1) is 0 Å². The van der Waals surface area contributed by atoms with Crippen molar-refractivity contribution in [2.75, 3.05) is 13.7 Å². The lowest BCUT2D eigenvalue weighted by Crippen LogP contribution is -2.13. The van der Waals surface area contributed by atoms with Gasteiger partial charge in [-0.2, -0.15) is 0 Å². The molecule has 0 heterocycles. The Morgan fingerprint density at radius 2 is 1.17 bits per heavy atom. The highest BCUT2D eigenvalue weighted by Crippen LogP contribution is 2.01. The average Bonchev–Trinajstić information content (AvgIpc) is 2.78. The zero-order chi connectivity index (χ0) is 22.3. The van der Waals surface area contributed by atoms with E-state index in [1.807, 2.05) is 58.0 Å². The molecule has 0 aliphatic heterocycles. The van der Waals surface area contributed by atoms with Gasteiger partial charge in [0.25, 0.3) is 0 Å². The second-order valence-electron chi connectivity index (χ2n) is 5.44. The molecule has 162 valence electrons. The van der Waals surface area contributed by atoms with Crippen molar-refractivity contribution in [3.05, 3.63) is 71.8 Å². The normalized spacial score (nSPS) is 8.62. The lowest BCUT2D eigenvalue weighted by Gasteiger charge is -2.03. The summed E-state index contributed by atoms with van der Waals surface area (Å²) in [6.45, 7) is 10.5. The van der Waals surface area contributed by atoms with Gasteiger partial charge in [0.1, 0.15) is 6.42 Å². The Bertz CT molecular complexity index is 609. The Labute approximate surface area is 177 Å². The molecule has 2 aromatic rings.